The van der Waals surface area contributed by atoms with Gasteiger partial charge in [0, 0.05) is 19.6 Å². The van der Waals surface area contributed by atoms with Crippen molar-refractivity contribution in [3.05, 3.63) is 0 Å². The molecule has 0 spiro atoms. The molecule has 0 bridgehead atoms. The molecule has 0 aromatic heterocycles. The number of esters is 1. The van der Waals surface area contributed by atoms with Crippen molar-refractivity contribution in [1.29, 1.82) is 0 Å². The lowest BCUT2D eigenvalue weighted by Crippen LogP contribution is -2.38. The highest BCUT2D eigenvalue weighted by atomic mass is 16.5. The summed E-state index contributed by atoms with van der Waals surface area (Å²) in [5, 5.41) is 0. The summed E-state index contributed by atoms with van der Waals surface area (Å²) in [6.07, 6.45) is 9.49. The van der Waals surface area contributed by atoms with E-state index in [2.05, 4.69) is 0 Å². The fourth-order valence-corrected chi connectivity index (χ4v) is 3.30. The van der Waals surface area contributed by atoms with Crippen LogP contribution in [0.1, 0.15) is 57.8 Å². The van der Waals surface area contributed by atoms with Crippen LogP contribution in [0.15, 0.2) is 0 Å². The van der Waals surface area contributed by atoms with Crippen molar-refractivity contribution >= 4 is 5.97 Å². The Bertz CT molecular complexity index is 295. The molecule has 2 rings (SSSR count). The third kappa shape index (κ3) is 4.18. The third-order valence-corrected chi connectivity index (χ3v) is 4.57. The number of carbonyl (C=O) groups is 1. The van der Waals surface area contributed by atoms with Gasteiger partial charge in [-0.1, -0.05) is 19.3 Å². The maximum atomic E-state index is 12.3. The summed E-state index contributed by atoms with van der Waals surface area (Å²) >= 11 is 0. The molecule has 4 nitrogen and oxygen atoms in total. The van der Waals surface area contributed by atoms with Crippen molar-refractivity contribution in [2.75, 3.05) is 7.11 Å². The van der Waals surface area contributed by atoms with E-state index in [1.54, 1.807) is 7.11 Å². The van der Waals surface area contributed by atoms with Gasteiger partial charge in [-0.3, -0.25) is 4.79 Å². The lowest BCUT2D eigenvalue weighted by atomic mass is 9.93. The minimum atomic E-state index is -0.0922. The van der Waals surface area contributed by atoms with Crippen LogP contribution in [0.5, 0.6) is 0 Å². The second kappa shape index (κ2) is 7.25. The standard InChI is InChI=1S/C15H27NO3/c1-18-11-6-5-7-12(10-11)19-15(17)13-8-3-2-4-9-14(13)16/h11-14H,2-10,16H2,1H3. The number of rotatable bonds is 3. The van der Waals surface area contributed by atoms with E-state index >= 15 is 0 Å². The van der Waals surface area contributed by atoms with Crippen molar-refractivity contribution < 1.29 is 14.3 Å². The van der Waals surface area contributed by atoms with Gasteiger partial charge in [0.2, 0.25) is 0 Å². The van der Waals surface area contributed by atoms with E-state index in [0.717, 1.165) is 51.4 Å². The first-order chi connectivity index (χ1) is 9.20. The molecule has 0 aromatic rings. The van der Waals surface area contributed by atoms with Gasteiger partial charge in [0.1, 0.15) is 6.10 Å². The number of ether oxygens (including phenoxy) is 2. The molecule has 4 heteroatoms. The molecule has 4 atom stereocenters. The zero-order valence-corrected chi connectivity index (χ0v) is 12.0. The van der Waals surface area contributed by atoms with Gasteiger partial charge in [-0.2, -0.15) is 0 Å². The van der Waals surface area contributed by atoms with E-state index in [1.165, 1.54) is 6.42 Å². The van der Waals surface area contributed by atoms with Crippen LogP contribution in [-0.4, -0.2) is 31.3 Å². The topological polar surface area (TPSA) is 61.5 Å². The first kappa shape index (κ1) is 14.8. The molecule has 0 radical (unpaired) electrons. The van der Waals surface area contributed by atoms with Crippen LogP contribution in [0.4, 0.5) is 0 Å². The molecule has 0 aliphatic heterocycles. The van der Waals surface area contributed by atoms with Gasteiger partial charge < -0.3 is 15.2 Å². The molecule has 2 saturated carbocycles. The third-order valence-electron chi connectivity index (χ3n) is 4.57. The zero-order valence-electron chi connectivity index (χ0n) is 12.0. The molecule has 0 heterocycles. The monoisotopic (exact) mass is 269 g/mol. The molecule has 2 N–H and O–H groups in total. The lowest BCUT2D eigenvalue weighted by molar-refractivity contribution is -0.158. The highest BCUT2D eigenvalue weighted by Gasteiger charge is 2.31. The van der Waals surface area contributed by atoms with E-state index < -0.39 is 0 Å². The maximum absolute atomic E-state index is 12.3. The summed E-state index contributed by atoms with van der Waals surface area (Å²) in [5.74, 6) is -0.165. The molecule has 2 aliphatic rings. The van der Waals surface area contributed by atoms with Crippen molar-refractivity contribution in [1.82, 2.24) is 0 Å². The molecular formula is C15H27NO3. The summed E-state index contributed by atoms with van der Waals surface area (Å²) in [5.41, 5.74) is 6.11. The van der Waals surface area contributed by atoms with Crippen LogP contribution in [0.2, 0.25) is 0 Å². The lowest BCUT2D eigenvalue weighted by Gasteiger charge is -2.30. The maximum Gasteiger partial charge on any atom is 0.310 e. The minimum Gasteiger partial charge on any atom is -0.462 e. The van der Waals surface area contributed by atoms with Gasteiger partial charge in [0.05, 0.1) is 12.0 Å². The highest BCUT2D eigenvalue weighted by molar-refractivity contribution is 5.73. The van der Waals surface area contributed by atoms with Crippen LogP contribution in [0.25, 0.3) is 0 Å². The predicted octanol–water partition coefficient (Wildman–Crippen LogP) is 2.39. The Hall–Kier alpha value is -0.610. The van der Waals surface area contributed by atoms with Crippen molar-refractivity contribution in [3.8, 4) is 0 Å². The van der Waals surface area contributed by atoms with Gasteiger partial charge in [0.15, 0.2) is 0 Å². The summed E-state index contributed by atoms with van der Waals surface area (Å²) in [7, 11) is 1.73. The first-order valence-electron chi connectivity index (χ1n) is 7.69. The summed E-state index contributed by atoms with van der Waals surface area (Å²) < 4.78 is 11.1. The second-order valence-electron chi connectivity index (χ2n) is 5.99. The molecule has 19 heavy (non-hydrogen) atoms. The Morgan fingerprint density at radius 3 is 2.53 bits per heavy atom. The van der Waals surface area contributed by atoms with Crippen LogP contribution in [-0.2, 0) is 14.3 Å². The first-order valence-corrected chi connectivity index (χ1v) is 7.69. The van der Waals surface area contributed by atoms with E-state index in [0.29, 0.717) is 0 Å². The molecule has 0 amide bonds. The fraction of sp³-hybridized carbons (Fsp3) is 0.933. The molecule has 2 aliphatic carbocycles. The Morgan fingerprint density at radius 1 is 1.00 bits per heavy atom. The van der Waals surface area contributed by atoms with Crippen molar-refractivity contribution in [2.24, 2.45) is 11.7 Å². The molecule has 110 valence electrons. The molecule has 0 saturated heterocycles. The highest BCUT2D eigenvalue weighted by Crippen LogP contribution is 2.27. The number of hydrogen-bond acceptors (Lipinski definition) is 4. The summed E-state index contributed by atoms with van der Waals surface area (Å²) in [4.78, 5) is 12.3. The largest absolute Gasteiger partial charge is 0.462 e. The average molecular weight is 269 g/mol. The number of methoxy groups -OCH3 is 1. The van der Waals surface area contributed by atoms with Gasteiger partial charge in [-0.15, -0.1) is 0 Å². The Kier molecular flexibility index (Phi) is 5.64. The second-order valence-corrected chi connectivity index (χ2v) is 5.99. The van der Waals surface area contributed by atoms with Gasteiger partial charge >= 0.3 is 5.97 Å². The molecule has 0 aromatic carbocycles. The van der Waals surface area contributed by atoms with Crippen molar-refractivity contribution in [3.63, 3.8) is 0 Å². The van der Waals surface area contributed by atoms with Gasteiger partial charge in [-0.05, 0) is 32.1 Å². The number of carbonyl (C=O) groups excluding carboxylic acids is 1. The average Bonchev–Trinajstić information content (AvgIpc) is 2.63. The Labute approximate surface area is 116 Å². The van der Waals surface area contributed by atoms with Gasteiger partial charge in [-0.25, -0.2) is 0 Å². The van der Waals surface area contributed by atoms with Crippen LogP contribution >= 0.6 is 0 Å². The van der Waals surface area contributed by atoms with E-state index in [9.17, 15) is 4.79 Å². The van der Waals surface area contributed by atoms with E-state index in [-0.39, 0.29) is 30.1 Å². The van der Waals surface area contributed by atoms with Crippen LogP contribution in [0, 0.1) is 5.92 Å². The van der Waals surface area contributed by atoms with E-state index in [1.807, 2.05) is 0 Å². The molecule has 2 fully saturated rings. The Balaban J connectivity index is 1.85. The SMILES string of the molecule is COC1CCCC(OC(=O)C2CCCCCC2N)C1. The van der Waals surface area contributed by atoms with Crippen molar-refractivity contribution in [2.45, 2.75) is 76.0 Å². The normalized spacial score (nSPS) is 36.5. The number of hydrogen-bond donors (Lipinski definition) is 1. The summed E-state index contributed by atoms with van der Waals surface area (Å²) in [6, 6.07) is -0.0168. The molecule has 4 unspecified atom stereocenters. The predicted molar refractivity (Wildman–Crippen MR) is 73.7 cm³/mol. The minimum absolute atomic E-state index is 0.0168. The van der Waals surface area contributed by atoms with Crippen LogP contribution in [0.3, 0.4) is 0 Å². The fourth-order valence-electron chi connectivity index (χ4n) is 3.30. The zero-order chi connectivity index (χ0) is 13.7. The summed E-state index contributed by atoms with van der Waals surface area (Å²) in [6.45, 7) is 0. The van der Waals surface area contributed by atoms with Gasteiger partial charge in [0.25, 0.3) is 0 Å². The van der Waals surface area contributed by atoms with Crippen LogP contribution < -0.4 is 5.73 Å². The number of nitrogens with two attached hydrogens (primary N) is 1. The smallest absolute Gasteiger partial charge is 0.310 e. The molecular weight excluding hydrogens is 242 g/mol. The Morgan fingerprint density at radius 2 is 1.74 bits per heavy atom. The van der Waals surface area contributed by atoms with E-state index in [4.69, 9.17) is 15.2 Å². The quantitative estimate of drug-likeness (QED) is 0.631.